The number of ether oxygens (including phenoxy) is 1. The van der Waals surface area contributed by atoms with E-state index in [0.29, 0.717) is 17.8 Å². The van der Waals surface area contributed by atoms with Crippen molar-refractivity contribution in [3.8, 4) is 0 Å². The van der Waals surface area contributed by atoms with Gasteiger partial charge in [0.05, 0.1) is 18.2 Å². The summed E-state index contributed by atoms with van der Waals surface area (Å²) in [6.45, 7) is 14.9. The fourth-order valence-corrected chi connectivity index (χ4v) is 12.0. The van der Waals surface area contributed by atoms with Crippen molar-refractivity contribution in [3.05, 3.63) is 11.5 Å². The summed E-state index contributed by atoms with van der Waals surface area (Å²) < 4.78 is 21.3. The molecule has 4 atom stereocenters. The Labute approximate surface area is 198 Å². The van der Waals surface area contributed by atoms with Gasteiger partial charge in [0.2, 0.25) is 5.95 Å². The van der Waals surface area contributed by atoms with Gasteiger partial charge in [-0.3, -0.25) is 4.79 Å². The van der Waals surface area contributed by atoms with E-state index in [4.69, 9.17) is 30.9 Å². The zero-order valence-electron chi connectivity index (χ0n) is 19.4. The van der Waals surface area contributed by atoms with E-state index in [0.717, 1.165) is 0 Å². The van der Waals surface area contributed by atoms with Crippen molar-refractivity contribution in [1.29, 1.82) is 0 Å². The Kier molecular flexibility index (Phi) is 5.81. The summed E-state index contributed by atoms with van der Waals surface area (Å²) in [6, 6.07) is 0. The number of carbonyl (C=O) groups excluding carboxylic acids is 1. The van der Waals surface area contributed by atoms with E-state index in [1.165, 1.54) is 6.92 Å². The molecular weight excluding hydrogens is 470 g/mol. The van der Waals surface area contributed by atoms with Crippen LogP contribution >= 0.6 is 23.4 Å². The minimum atomic E-state index is -2.75. The maximum absolute atomic E-state index is 12.1. The number of nitrogens with two attached hydrogens (primary N) is 1. The molecule has 0 unspecified atom stereocenters. The monoisotopic (exact) mass is 499 g/mol. The minimum Gasteiger partial charge on any atom is -0.457 e. The standard InChI is InChI=1S/C20H30ClN5O4SSi/c1-10(27)29-14-13-11(8-28-32(30-13,19(2,3)4)20(5,6)7)31-17(14)26-9-23-16-12(26)15(21)24-18(22)25-16/h9,11,13-14,17H,8H2,1-7H3,(H2,22,24,25)/t11-,13-,14-,17-/m1/s1. The number of aromatic nitrogens is 4. The van der Waals surface area contributed by atoms with Crippen molar-refractivity contribution < 1.29 is 18.4 Å². The van der Waals surface area contributed by atoms with Crippen molar-refractivity contribution in [2.24, 2.45) is 0 Å². The summed E-state index contributed by atoms with van der Waals surface area (Å²) >= 11 is 8.03. The Balaban J connectivity index is 1.78. The van der Waals surface area contributed by atoms with E-state index in [1.54, 1.807) is 18.1 Å². The molecule has 0 radical (unpaired) electrons. The van der Waals surface area contributed by atoms with Gasteiger partial charge in [-0.2, -0.15) is 9.97 Å². The lowest BCUT2D eigenvalue weighted by molar-refractivity contribution is -0.154. The number of anilines is 1. The Morgan fingerprint density at radius 1 is 1.28 bits per heavy atom. The van der Waals surface area contributed by atoms with Gasteiger partial charge in [0.25, 0.3) is 0 Å². The molecule has 9 nitrogen and oxygen atoms in total. The third kappa shape index (κ3) is 3.71. The summed E-state index contributed by atoms with van der Waals surface area (Å²) in [7, 11) is -2.75. The Bertz CT molecular complexity index is 1040. The van der Waals surface area contributed by atoms with Crippen molar-refractivity contribution in [1.82, 2.24) is 19.5 Å². The average molecular weight is 500 g/mol. The molecule has 0 saturated carbocycles. The number of hydrogen-bond donors (Lipinski definition) is 1. The maximum atomic E-state index is 12.1. The number of thioether (sulfide) groups is 1. The number of esters is 1. The first kappa shape index (κ1) is 23.7. The molecule has 176 valence electrons. The number of nitrogens with zero attached hydrogens (tertiary/aromatic N) is 4. The molecule has 2 aromatic rings. The first-order valence-electron chi connectivity index (χ1n) is 10.6. The third-order valence-corrected chi connectivity index (χ3v) is 12.9. The summed E-state index contributed by atoms with van der Waals surface area (Å²) in [5.41, 5.74) is 6.66. The molecule has 12 heteroatoms. The smallest absolute Gasteiger partial charge is 0.349 e. The number of halogens is 1. The van der Waals surface area contributed by atoms with E-state index in [1.807, 2.05) is 4.57 Å². The predicted molar refractivity (Wildman–Crippen MR) is 127 cm³/mol. The molecule has 32 heavy (non-hydrogen) atoms. The molecule has 0 amide bonds. The quantitative estimate of drug-likeness (QED) is 0.371. The summed E-state index contributed by atoms with van der Waals surface area (Å²) in [4.78, 5) is 24.7. The molecular formula is C20H30ClN5O4SSi. The van der Waals surface area contributed by atoms with Gasteiger partial charge >= 0.3 is 14.5 Å². The lowest BCUT2D eigenvalue weighted by Gasteiger charge is -2.54. The number of hydrogen-bond acceptors (Lipinski definition) is 9. The molecule has 0 spiro atoms. The van der Waals surface area contributed by atoms with Crippen molar-refractivity contribution in [2.45, 2.75) is 81.4 Å². The van der Waals surface area contributed by atoms with Gasteiger partial charge in [-0.05, 0) is 0 Å². The van der Waals surface area contributed by atoms with Gasteiger partial charge in [0, 0.05) is 17.0 Å². The highest BCUT2D eigenvalue weighted by molar-refractivity contribution is 8.00. The van der Waals surface area contributed by atoms with Crippen LogP contribution in [-0.2, 0) is 18.4 Å². The van der Waals surface area contributed by atoms with Crippen LogP contribution in [0.15, 0.2) is 6.33 Å². The molecule has 2 N–H and O–H groups in total. The normalized spacial score (nSPS) is 28.0. The number of carbonyl (C=O) groups is 1. The van der Waals surface area contributed by atoms with Gasteiger partial charge in [0.15, 0.2) is 16.9 Å². The fraction of sp³-hybridized carbons (Fsp3) is 0.700. The van der Waals surface area contributed by atoms with Gasteiger partial charge in [-0.15, -0.1) is 11.8 Å². The van der Waals surface area contributed by atoms with Gasteiger partial charge in [-0.1, -0.05) is 53.1 Å². The van der Waals surface area contributed by atoms with Gasteiger partial charge < -0.3 is 23.9 Å². The Morgan fingerprint density at radius 3 is 2.53 bits per heavy atom. The molecule has 2 fully saturated rings. The minimum absolute atomic E-state index is 0.0133. The molecule has 4 rings (SSSR count). The third-order valence-electron chi connectivity index (χ3n) is 5.99. The average Bonchev–Trinajstić information content (AvgIpc) is 3.20. The molecule has 2 aromatic heterocycles. The van der Waals surface area contributed by atoms with Crippen LogP contribution in [0.25, 0.3) is 11.2 Å². The lowest BCUT2D eigenvalue weighted by atomic mass is 10.1. The van der Waals surface area contributed by atoms with Crippen LogP contribution in [0.4, 0.5) is 5.95 Å². The highest BCUT2D eigenvalue weighted by atomic mass is 35.5. The second-order valence-corrected chi connectivity index (χ2v) is 16.8. The predicted octanol–water partition coefficient (Wildman–Crippen LogP) is 4.07. The Morgan fingerprint density at radius 2 is 1.94 bits per heavy atom. The molecule has 0 aromatic carbocycles. The van der Waals surface area contributed by atoms with Crippen molar-refractivity contribution >= 4 is 55.0 Å². The molecule has 2 saturated heterocycles. The van der Waals surface area contributed by atoms with Crippen LogP contribution in [0.2, 0.25) is 15.2 Å². The van der Waals surface area contributed by atoms with Crippen LogP contribution in [0.3, 0.4) is 0 Å². The van der Waals surface area contributed by atoms with E-state index >= 15 is 0 Å². The topological polar surface area (TPSA) is 114 Å². The van der Waals surface area contributed by atoms with Crippen LogP contribution < -0.4 is 5.73 Å². The van der Waals surface area contributed by atoms with Crippen molar-refractivity contribution in [3.63, 3.8) is 0 Å². The van der Waals surface area contributed by atoms with Crippen molar-refractivity contribution in [2.75, 3.05) is 12.3 Å². The molecule has 2 aliphatic rings. The van der Waals surface area contributed by atoms with Crippen LogP contribution in [0.1, 0.15) is 53.8 Å². The zero-order valence-corrected chi connectivity index (χ0v) is 22.0. The van der Waals surface area contributed by atoms with Gasteiger partial charge in [0.1, 0.15) is 17.0 Å². The lowest BCUT2D eigenvalue weighted by Crippen LogP contribution is -2.65. The van der Waals surface area contributed by atoms with E-state index < -0.39 is 14.7 Å². The highest BCUT2D eigenvalue weighted by Gasteiger charge is 2.65. The number of nitrogen functional groups attached to an aromatic ring is 1. The summed E-state index contributed by atoms with van der Waals surface area (Å²) in [5.74, 6) is -0.314. The SMILES string of the molecule is CC(=O)O[C@@H]1[C@@H]2O[Si](C(C)(C)C)(C(C)(C)C)OC[C@H]2S[C@H]1n1cnc2nc(N)nc(Cl)c21. The van der Waals surface area contributed by atoms with E-state index in [9.17, 15) is 4.79 Å². The van der Waals surface area contributed by atoms with E-state index in [2.05, 4.69) is 56.5 Å². The molecule has 0 aliphatic carbocycles. The number of rotatable bonds is 2. The second-order valence-electron chi connectivity index (χ2n) is 10.3. The summed E-state index contributed by atoms with van der Waals surface area (Å²) in [5, 5.41) is -0.503. The zero-order chi connectivity index (χ0) is 23.6. The fourth-order valence-electron chi connectivity index (χ4n) is 4.97. The molecule has 4 heterocycles. The van der Waals surface area contributed by atoms with Crippen LogP contribution in [-0.4, -0.2) is 58.1 Å². The highest BCUT2D eigenvalue weighted by Crippen LogP contribution is 2.58. The second kappa shape index (κ2) is 7.83. The van der Waals surface area contributed by atoms with E-state index in [-0.39, 0.29) is 43.9 Å². The number of imidazole rings is 1. The van der Waals surface area contributed by atoms with Crippen LogP contribution in [0, 0.1) is 0 Å². The molecule has 2 aliphatic heterocycles. The Hall–Kier alpha value is -1.40. The van der Waals surface area contributed by atoms with Crippen LogP contribution in [0.5, 0.6) is 0 Å². The molecule has 0 bridgehead atoms. The first-order chi connectivity index (χ1) is 14.7. The summed E-state index contributed by atoms with van der Waals surface area (Å²) in [6.07, 6.45) is 0.766. The number of fused-ring (bicyclic) bond motifs is 2. The maximum Gasteiger partial charge on any atom is 0.349 e. The van der Waals surface area contributed by atoms with Gasteiger partial charge in [-0.25, -0.2) is 4.98 Å². The first-order valence-corrected chi connectivity index (χ1v) is 13.7. The largest absolute Gasteiger partial charge is 0.457 e.